The van der Waals surface area contributed by atoms with E-state index in [-0.39, 0.29) is 17.4 Å². The van der Waals surface area contributed by atoms with E-state index >= 15 is 0 Å². The summed E-state index contributed by atoms with van der Waals surface area (Å²) in [5.41, 5.74) is 1.49. The zero-order valence-electron chi connectivity index (χ0n) is 11.6. The summed E-state index contributed by atoms with van der Waals surface area (Å²) in [6.45, 7) is 1.72. The summed E-state index contributed by atoms with van der Waals surface area (Å²) in [7, 11) is 0. The molecule has 0 radical (unpaired) electrons. The first kappa shape index (κ1) is 14.1. The molecule has 1 saturated carbocycles. The van der Waals surface area contributed by atoms with Crippen LogP contribution >= 0.6 is 15.9 Å². The molecule has 4 heteroatoms. The molecule has 2 N–H and O–H groups in total. The number of halogens is 1. The molecule has 3 rings (SSSR count). The first-order valence-electron chi connectivity index (χ1n) is 7.47. The Balaban J connectivity index is 1.60. The van der Waals surface area contributed by atoms with Crippen LogP contribution in [-0.4, -0.2) is 25.0 Å². The Hall–Kier alpha value is -0.870. The molecule has 2 aliphatic rings. The summed E-state index contributed by atoms with van der Waals surface area (Å²) < 4.78 is 1.16. The van der Waals surface area contributed by atoms with E-state index in [1.165, 1.54) is 12.0 Å². The molecule has 1 aromatic carbocycles. The predicted molar refractivity (Wildman–Crippen MR) is 83.7 cm³/mol. The Labute approximate surface area is 128 Å². The highest BCUT2D eigenvalue weighted by molar-refractivity contribution is 9.10. The average molecular weight is 337 g/mol. The Kier molecular flexibility index (Phi) is 4.13. The molecule has 108 valence electrons. The van der Waals surface area contributed by atoms with E-state index in [0.29, 0.717) is 0 Å². The van der Waals surface area contributed by atoms with E-state index in [9.17, 15) is 4.79 Å². The van der Waals surface area contributed by atoms with Crippen LogP contribution < -0.4 is 10.6 Å². The molecule has 0 aromatic heterocycles. The van der Waals surface area contributed by atoms with Gasteiger partial charge in [0.25, 0.3) is 0 Å². The number of hydrogen-bond acceptors (Lipinski definition) is 2. The highest BCUT2D eigenvalue weighted by Gasteiger charge is 2.45. The lowest BCUT2D eigenvalue weighted by Crippen LogP contribution is -2.48. The lowest BCUT2D eigenvalue weighted by molar-refractivity contribution is -0.123. The van der Waals surface area contributed by atoms with Gasteiger partial charge in [-0.1, -0.05) is 40.5 Å². The number of rotatable bonds is 4. The second-order valence-electron chi connectivity index (χ2n) is 5.98. The van der Waals surface area contributed by atoms with Crippen LogP contribution in [0.4, 0.5) is 0 Å². The van der Waals surface area contributed by atoms with Crippen molar-refractivity contribution < 1.29 is 4.79 Å². The molecule has 1 aliphatic carbocycles. The van der Waals surface area contributed by atoms with Crippen molar-refractivity contribution in [1.29, 1.82) is 0 Å². The van der Waals surface area contributed by atoms with E-state index in [0.717, 1.165) is 43.2 Å². The van der Waals surface area contributed by atoms with Crippen LogP contribution in [0.1, 0.15) is 37.7 Å². The molecule has 3 nitrogen and oxygen atoms in total. The molecule has 20 heavy (non-hydrogen) atoms. The molecule has 2 fully saturated rings. The number of nitrogens with one attached hydrogen (secondary N) is 2. The van der Waals surface area contributed by atoms with Crippen LogP contribution in [0.25, 0.3) is 0 Å². The zero-order chi connectivity index (χ0) is 14.0. The molecule has 1 atom stereocenters. The van der Waals surface area contributed by atoms with E-state index in [1.807, 2.05) is 6.07 Å². The van der Waals surface area contributed by atoms with Gasteiger partial charge >= 0.3 is 0 Å². The van der Waals surface area contributed by atoms with Crippen molar-refractivity contribution in [2.24, 2.45) is 0 Å². The van der Waals surface area contributed by atoms with Gasteiger partial charge in [-0.3, -0.25) is 4.79 Å². The third-order valence-corrected chi connectivity index (χ3v) is 5.22. The van der Waals surface area contributed by atoms with Crippen molar-refractivity contribution in [1.82, 2.24) is 10.6 Å². The largest absolute Gasteiger partial charge is 0.354 e. The lowest BCUT2D eigenvalue weighted by atomic mass is 9.95. The maximum absolute atomic E-state index is 12.2. The van der Waals surface area contributed by atoms with Gasteiger partial charge in [-0.2, -0.15) is 0 Å². The first-order valence-corrected chi connectivity index (χ1v) is 8.27. The highest BCUT2D eigenvalue weighted by Crippen LogP contribution is 2.49. The predicted octanol–water partition coefficient (Wildman–Crippen LogP) is 2.74. The van der Waals surface area contributed by atoms with E-state index in [1.54, 1.807) is 0 Å². The van der Waals surface area contributed by atoms with Gasteiger partial charge in [0.1, 0.15) is 0 Å². The van der Waals surface area contributed by atoms with Gasteiger partial charge in [0, 0.05) is 16.4 Å². The summed E-state index contributed by atoms with van der Waals surface area (Å²) >= 11 is 3.63. The number of piperidine rings is 1. The Morgan fingerprint density at radius 3 is 2.80 bits per heavy atom. The molecule has 1 aliphatic heterocycles. The maximum atomic E-state index is 12.2. The van der Waals surface area contributed by atoms with Crippen LogP contribution in [0.15, 0.2) is 28.7 Å². The van der Waals surface area contributed by atoms with Crippen LogP contribution in [0.5, 0.6) is 0 Å². The standard InChI is InChI=1S/C16H21BrN2O/c17-13-6-2-1-5-12(13)16(8-9-16)11-19-15(20)14-7-3-4-10-18-14/h1-2,5-6,14,18H,3-4,7-11H2,(H,19,20). The lowest BCUT2D eigenvalue weighted by Gasteiger charge is -2.24. The van der Waals surface area contributed by atoms with Gasteiger partial charge in [0.15, 0.2) is 0 Å². The van der Waals surface area contributed by atoms with E-state index in [4.69, 9.17) is 0 Å². The highest BCUT2D eigenvalue weighted by atomic mass is 79.9. The van der Waals surface area contributed by atoms with Crippen molar-refractivity contribution in [3.63, 3.8) is 0 Å². The number of amides is 1. The van der Waals surface area contributed by atoms with E-state index < -0.39 is 0 Å². The third kappa shape index (κ3) is 2.91. The minimum atomic E-state index is 0.0127. The Morgan fingerprint density at radius 1 is 1.35 bits per heavy atom. The van der Waals surface area contributed by atoms with Gasteiger partial charge in [-0.05, 0) is 43.9 Å². The fraction of sp³-hybridized carbons (Fsp3) is 0.562. The first-order chi connectivity index (χ1) is 9.71. The fourth-order valence-corrected chi connectivity index (χ4v) is 3.74. The number of benzene rings is 1. The fourth-order valence-electron chi connectivity index (χ4n) is 3.04. The molecule has 1 heterocycles. The quantitative estimate of drug-likeness (QED) is 0.887. The molecule has 0 spiro atoms. The second-order valence-corrected chi connectivity index (χ2v) is 6.83. The van der Waals surface area contributed by atoms with Crippen LogP contribution in [0.3, 0.4) is 0 Å². The topological polar surface area (TPSA) is 41.1 Å². The van der Waals surface area contributed by atoms with Gasteiger partial charge in [0.2, 0.25) is 5.91 Å². The van der Waals surface area contributed by atoms with Gasteiger partial charge < -0.3 is 10.6 Å². The van der Waals surface area contributed by atoms with Crippen molar-refractivity contribution in [3.05, 3.63) is 34.3 Å². The van der Waals surface area contributed by atoms with Gasteiger partial charge in [-0.25, -0.2) is 0 Å². The minimum absolute atomic E-state index is 0.0127. The van der Waals surface area contributed by atoms with Gasteiger partial charge in [0.05, 0.1) is 6.04 Å². The second kappa shape index (κ2) is 5.86. The van der Waals surface area contributed by atoms with Crippen molar-refractivity contribution in [2.45, 2.75) is 43.6 Å². The number of carbonyl (C=O) groups excluding carboxylic acids is 1. The summed E-state index contributed by atoms with van der Waals surface area (Å²) in [5.74, 6) is 0.169. The monoisotopic (exact) mass is 336 g/mol. The Morgan fingerprint density at radius 2 is 2.15 bits per heavy atom. The van der Waals surface area contributed by atoms with Crippen LogP contribution in [0, 0.1) is 0 Å². The molecular weight excluding hydrogens is 316 g/mol. The SMILES string of the molecule is O=C(NCC1(c2ccccc2Br)CC1)C1CCCCN1. The molecule has 1 aromatic rings. The normalized spacial score (nSPS) is 24.1. The summed E-state index contributed by atoms with van der Waals surface area (Å²) in [6.07, 6.45) is 5.63. The maximum Gasteiger partial charge on any atom is 0.237 e. The molecule has 1 amide bonds. The molecule has 0 bridgehead atoms. The van der Waals surface area contributed by atoms with Crippen LogP contribution in [0.2, 0.25) is 0 Å². The third-order valence-electron chi connectivity index (χ3n) is 4.53. The molecule has 1 saturated heterocycles. The van der Waals surface area contributed by atoms with Crippen LogP contribution in [-0.2, 0) is 10.2 Å². The van der Waals surface area contributed by atoms with Crippen molar-refractivity contribution in [2.75, 3.05) is 13.1 Å². The summed E-state index contributed by atoms with van der Waals surface area (Å²) in [5, 5.41) is 6.46. The molecular formula is C16H21BrN2O. The van der Waals surface area contributed by atoms with Gasteiger partial charge in [-0.15, -0.1) is 0 Å². The van der Waals surface area contributed by atoms with Crippen molar-refractivity contribution in [3.8, 4) is 0 Å². The zero-order valence-corrected chi connectivity index (χ0v) is 13.2. The summed E-state index contributed by atoms with van der Waals surface area (Å²) in [4.78, 5) is 12.2. The number of carbonyl (C=O) groups is 1. The van der Waals surface area contributed by atoms with E-state index in [2.05, 4.69) is 44.8 Å². The number of hydrogen-bond donors (Lipinski definition) is 2. The smallest absolute Gasteiger partial charge is 0.237 e. The van der Waals surface area contributed by atoms with Crippen molar-refractivity contribution >= 4 is 21.8 Å². The molecule has 1 unspecified atom stereocenters. The minimum Gasteiger partial charge on any atom is -0.354 e. The average Bonchev–Trinajstić information content (AvgIpc) is 3.27. The summed E-state index contributed by atoms with van der Waals surface area (Å²) in [6, 6.07) is 8.37. The Bertz CT molecular complexity index is 493.